The summed E-state index contributed by atoms with van der Waals surface area (Å²) in [6.07, 6.45) is 15.5. The zero-order valence-corrected chi connectivity index (χ0v) is 29.7. The molecule has 0 unspecified atom stereocenters. The van der Waals surface area contributed by atoms with E-state index in [1.54, 1.807) is 6.08 Å². The third kappa shape index (κ3) is 6.04. The third-order valence-corrected chi connectivity index (χ3v) is 10.6. The van der Waals surface area contributed by atoms with Crippen LogP contribution in [0, 0.1) is 0 Å². The quantitative estimate of drug-likeness (QED) is 0.155. The van der Waals surface area contributed by atoms with Crippen molar-refractivity contribution in [1.29, 1.82) is 0 Å². The smallest absolute Gasteiger partial charge is 0.153 e. The van der Waals surface area contributed by atoms with Crippen LogP contribution in [0.3, 0.4) is 0 Å². The lowest BCUT2D eigenvalue weighted by atomic mass is 9.94. The topological polar surface area (TPSA) is 13.1 Å². The van der Waals surface area contributed by atoms with Gasteiger partial charge in [-0.1, -0.05) is 153 Å². The second kappa shape index (κ2) is 14.4. The van der Waals surface area contributed by atoms with E-state index in [1.165, 1.54) is 58.4 Å². The maximum absolute atomic E-state index is 6.73. The van der Waals surface area contributed by atoms with E-state index in [4.69, 9.17) is 4.42 Å². The highest BCUT2D eigenvalue weighted by Gasteiger charge is 2.18. The molecule has 0 N–H and O–H groups in total. The molecule has 0 aliphatic heterocycles. The normalized spacial score (nSPS) is 13.3. The van der Waals surface area contributed by atoms with E-state index in [2.05, 4.69) is 167 Å². The molecule has 244 valence electrons. The van der Waals surface area contributed by atoms with Gasteiger partial charge in [-0.05, 0) is 88.7 Å². The zero-order valence-electron chi connectivity index (χ0n) is 28.9. The Morgan fingerprint density at radius 1 is 0.720 bits per heavy atom. The molecule has 0 saturated carbocycles. The molecule has 0 atom stereocenters. The second-order valence-electron chi connectivity index (χ2n) is 12.4. The lowest BCUT2D eigenvalue weighted by molar-refractivity contribution is 0.578. The molecule has 2 heterocycles. The molecule has 0 aliphatic carbocycles. The maximum atomic E-state index is 6.73. The number of allylic oxidation sites excluding steroid dienone is 8. The van der Waals surface area contributed by atoms with Crippen LogP contribution in [-0.4, -0.2) is 0 Å². The molecule has 0 fully saturated rings. The fraction of sp³-hybridized carbons (Fsp3) is 0.0833. The Hall–Kier alpha value is -5.70. The molecule has 0 radical (unpaired) electrons. The molecular formula is C48H40OS. The molecule has 0 bridgehead atoms. The van der Waals surface area contributed by atoms with Crippen LogP contribution < -0.4 is 10.6 Å². The number of thiophene rings is 1. The number of hydrogen-bond acceptors (Lipinski definition) is 2. The van der Waals surface area contributed by atoms with Gasteiger partial charge in [0.15, 0.2) is 5.58 Å². The summed E-state index contributed by atoms with van der Waals surface area (Å²) in [5.74, 6) is 0. The summed E-state index contributed by atoms with van der Waals surface area (Å²) < 4.78 is 9.22. The summed E-state index contributed by atoms with van der Waals surface area (Å²) in [6, 6.07) is 38.8. The van der Waals surface area contributed by atoms with Crippen molar-refractivity contribution in [2.45, 2.75) is 27.2 Å². The van der Waals surface area contributed by atoms with Crippen molar-refractivity contribution < 1.29 is 4.42 Å². The van der Waals surface area contributed by atoms with Crippen molar-refractivity contribution in [2.24, 2.45) is 0 Å². The SMILES string of the molecule is C=C/C=C\C(=C)c1ccccccc(/C(C)=C/C(=C\C)C/C=c2\c(=C/C)oc3c4sc5ccccc5c4c4ccccc4c23)c2ccccc12. The average Bonchev–Trinajstić information content (AvgIpc) is 3.73. The summed E-state index contributed by atoms with van der Waals surface area (Å²) in [4.78, 5) is 0. The Labute approximate surface area is 297 Å². The largest absolute Gasteiger partial charge is 0.455 e. The Morgan fingerprint density at radius 2 is 1.32 bits per heavy atom. The number of fused-ring (bicyclic) bond motifs is 9. The Kier molecular flexibility index (Phi) is 9.47. The fourth-order valence-electron chi connectivity index (χ4n) is 7.00. The van der Waals surface area contributed by atoms with Crippen molar-refractivity contribution >= 4 is 87.3 Å². The summed E-state index contributed by atoms with van der Waals surface area (Å²) in [5.41, 5.74) is 7.51. The average molecular weight is 665 g/mol. The molecule has 5 aromatic carbocycles. The lowest BCUT2D eigenvalue weighted by Gasteiger charge is -2.10. The molecule has 2 aromatic heterocycles. The Morgan fingerprint density at radius 3 is 2.00 bits per heavy atom. The van der Waals surface area contributed by atoms with E-state index < -0.39 is 0 Å². The number of hydrogen-bond donors (Lipinski definition) is 0. The van der Waals surface area contributed by atoms with Gasteiger partial charge < -0.3 is 4.42 Å². The summed E-state index contributed by atoms with van der Waals surface area (Å²) in [6.45, 7) is 14.6. The first kappa shape index (κ1) is 32.8. The van der Waals surface area contributed by atoms with Crippen LogP contribution in [0.1, 0.15) is 38.3 Å². The number of benzene rings is 4. The highest BCUT2D eigenvalue weighted by atomic mass is 32.1. The van der Waals surface area contributed by atoms with Crippen LogP contribution in [0.4, 0.5) is 0 Å². The third-order valence-electron chi connectivity index (χ3n) is 9.39. The van der Waals surface area contributed by atoms with Crippen LogP contribution in [-0.2, 0) is 0 Å². The summed E-state index contributed by atoms with van der Waals surface area (Å²) >= 11 is 1.82. The van der Waals surface area contributed by atoms with Gasteiger partial charge in [-0.2, -0.15) is 0 Å². The van der Waals surface area contributed by atoms with E-state index in [1.807, 2.05) is 23.5 Å². The van der Waals surface area contributed by atoms with E-state index >= 15 is 0 Å². The van der Waals surface area contributed by atoms with Gasteiger partial charge in [0.2, 0.25) is 0 Å². The standard InChI is InChI=1S/C48H40OS/c1-6-9-20-32(4)35-21-12-10-11-13-22-36(38-24-15-14-23-37(35)38)33(5)31-34(7-2)29-30-41-43(8-3)49-47-45(41)39-25-16-17-26-40(39)46-42-27-18-19-28-44(42)50-48(46)47/h6-28,30-31H,1,4,29H2,2-3,5H3/b11-10?,12-10?,13-11?,20-9-,21-12?,22-13?,33-31+,34-7-,35-21?,36-22?,37-35?,38-36?,41-30+,43-8+. The number of rotatable bonds is 7. The zero-order chi connectivity index (χ0) is 34.6. The Balaban J connectivity index is 1.39. The van der Waals surface area contributed by atoms with Gasteiger partial charge in [0.05, 0.1) is 4.70 Å². The first-order valence-electron chi connectivity index (χ1n) is 17.1. The van der Waals surface area contributed by atoms with Crippen LogP contribution in [0.25, 0.3) is 76.0 Å². The van der Waals surface area contributed by atoms with Crippen LogP contribution in [0.2, 0.25) is 0 Å². The van der Waals surface area contributed by atoms with Crippen molar-refractivity contribution in [3.8, 4) is 0 Å². The van der Waals surface area contributed by atoms with Gasteiger partial charge in [0, 0.05) is 26.1 Å². The first-order chi connectivity index (χ1) is 24.5. The van der Waals surface area contributed by atoms with Crippen LogP contribution >= 0.6 is 11.3 Å². The van der Waals surface area contributed by atoms with Crippen molar-refractivity contribution in [1.82, 2.24) is 0 Å². The van der Waals surface area contributed by atoms with Gasteiger partial charge in [-0.25, -0.2) is 0 Å². The maximum Gasteiger partial charge on any atom is 0.153 e. The van der Waals surface area contributed by atoms with Gasteiger partial charge in [-0.3, -0.25) is 0 Å². The van der Waals surface area contributed by atoms with Crippen molar-refractivity contribution in [2.75, 3.05) is 0 Å². The van der Waals surface area contributed by atoms with Crippen LogP contribution in [0.5, 0.6) is 0 Å². The first-order valence-corrected chi connectivity index (χ1v) is 17.9. The van der Waals surface area contributed by atoms with E-state index in [-0.39, 0.29) is 0 Å². The molecule has 50 heavy (non-hydrogen) atoms. The van der Waals surface area contributed by atoms with E-state index in [0.29, 0.717) is 0 Å². The van der Waals surface area contributed by atoms with Gasteiger partial charge >= 0.3 is 0 Å². The highest BCUT2D eigenvalue weighted by molar-refractivity contribution is 7.26. The molecular weight excluding hydrogens is 625 g/mol. The predicted molar refractivity (Wildman–Crippen MR) is 222 cm³/mol. The monoisotopic (exact) mass is 664 g/mol. The molecule has 0 amide bonds. The molecule has 0 spiro atoms. The van der Waals surface area contributed by atoms with E-state index in [9.17, 15) is 0 Å². The molecule has 0 saturated heterocycles. The predicted octanol–water partition coefficient (Wildman–Crippen LogP) is 13.0. The van der Waals surface area contributed by atoms with Crippen LogP contribution in [0.15, 0.2) is 163 Å². The molecule has 7 rings (SSSR count). The van der Waals surface area contributed by atoms with Crippen molar-refractivity contribution in [3.63, 3.8) is 0 Å². The summed E-state index contributed by atoms with van der Waals surface area (Å²) in [7, 11) is 0. The fourth-order valence-corrected chi connectivity index (χ4v) is 8.20. The van der Waals surface area contributed by atoms with Gasteiger partial charge in [0.25, 0.3) is 0 Å². The van der Waals surface area contributed by atoms with Crippen molar-refractivity contribution in [3.05, 3.63) is 180 Å². The minimum absolute atomic E-state index is 0.768. The molecule has 7 aromatic rings. The lowest BCUT2D eigenvalue weighted by Crippen LogP contribution is -2.19. The van der Waals surface area contributed by atoms with Gasteiger partial charge in [-0.15, -0.1) is 11.3 Å². The number of furan rings is 1. The highest BCUT2D eigenvalue weighted by Crippen LogP contribution is 2.42. The second-order valence-corrected chi connectivity index (χ2v) is 13.5. The van der Waals surface area contributed by atoms with Gasteiger partial charge in [0.1, 0.15) is 5.42 Å². The molecule has 2 heteroatoms. The minimum Gasteiger partial charge on any atom is -0.455 e. The summed E-state index contributed by atoms with van der Waals surface area (Å²) in [5, 5.41) is 9.73. The van der Waals surface area contributed by atoms with E-state index in [0.717, 1.165) is 39.2 Å². The minimum atomic E-state index is 0.768. The Bertz CT molecular complexity index is 2740. The molecule has 1 nitrogen and oxygen atoms in total. The molecule has 0 aliphatic rings.